The highest BCUT2D eigenvalue weighted by Gasteiger charge is 1.96. The lowest BCUT2D eigenvalue weighted by Crippen LogP contribution is -1.97. The predicted octanol–water partition coefficient (Wildman–Crippen LogP) is 6.05. The van der Waals surface area contributed by atoms with E-state index in [0.29, 0.717) is 0 Å². The number of unbranched alkanes of at least 4 members (excludes halogenated alkanes) is 10. The van der Waals surface area contributed by atoms with Gasteiger partial charge in [0.05, 0.1) is 0 Å². The summed E-state index contributed by atoms with van der Waals surface area (Å²) in [6, 6.07) is 1.53. The van der Waals surface area contributed by atoms with Gasteiger partial charge in [0.15, 0.2) is 0 Å². The van der Waals surface area contributed by atoms with E-state index in [0.717, 1.165) is 0 Å². The van der Waals surface area contributed by atoms with Crippen LogP contribution in [0.3, 0.4) is 0 Å². The molecule has 0 amide bonds. The summed E-state index contributed by atoms with van der Waals surface area (Å²) in [5.74, 6) is 0. The van der Waals surface area contributed by atoms with Crippen LogP contribution in [0.25, 0.3) is 0 Å². The molecule has 0 aliphatic heterocycles. The highest BCUT2D eigenvalue weighted by Crippen LogP contribution is 2.12. The molecule has 0 saturated heterocycles. The summed E-state index contributed by atoms with van der Waals surface area (Å²) < 4.78 is 0. The summed E-state index contributed by atoms with van der Waals surface area (Å²) in [5, 5.41) is 0. The van der Waals surface area contributed by atoms with Crippen molar-refractivity contribution >= 4 is 8.80 Å². The summed E-state index contributed by atoms with van der Waals surface area (Å²) in [6.07, 6.45) is 16.2. The molecule has 1 radical (unpaired) electrons. The molecule has 0 atom stereocenters. The second-order valence-electron chi connectivity index (χ2n) is 5.49. The molecule has 0 unspecified atom stereocenters. The smallest absolute Gasteiger partial charge is 0.0412 e. The standard InChI is InChI=1S/C15H33Si/c1-4-5-6-7-8-9-10-11-12-13-14-15-16(2)3/h4-15H2,1-3H3. The van der Waals surface area contributed by atoms with Gasteiger partial charge < -0.3 is 0 Å². The molecule has 0 spiro atoms. The van der Waals surface area contributed by atoms with Crippen LogP contribution >= 0.6 is 0 Å². The zero-order chi connectivity index (χ0) is 12.1. The molecule has 0 aromatic rings. The van der Waals surface area contributed by atoms with Crippen molar-refractivity contribution in [2.75, 3.05) is 0 Å². The molecule has 0 aromatic heterocycles. The molecule has 0 aliphatic rings. The fraction of sp³-hybridized carbons (Fsp3) is 1.00. The Bertz CT molecular complexity index is 121. The van der Waals surface area contributed by atoms with Crippen LogP contribution in [0.1, 0.15) is 77.6 Å². The van der Waals surface area contributed by atoms with E-state index in [4.69, 9.17) is 0 Å². The van der Waals surface area contributed by atoms with Crippen LogP contribution in [0.4, 0.5) is 0 Å². The van der Waals surface area contributed by atoms with Crippen LogP contribution in [0.15, 0.2) is 0 Å². The quantitative estimate of drug-likeness (QED) is 0.288. The van der Waals surface area contributed by atoms with Crippen LogP contribution in [-0.4, -0.2) is 8.80 Å². The van der Waals surface area contributed by atoms with E-state index in [-0.39, 0.29) is 8.80 Å². The van der Waals surface area contributed by atoms with Gasteiger partial charge in [-0.1, -0.05) is 96.7 Å². The molecule has 0 bridgehead atoms. The maximum Gasteiger partial charge on any atom is 0.0412 e. The van der Waals surface area contributed by atoms with Crippen LogP contribution in [0.2, 0.25) is 19.1 Å². The van der Waals surface area contributed by atoms with Gasteiger partial charge in [-0.3, -0.25) is 0 Å². The van der Waals surface area contributed by atoms with E-state index >= 15 is 0 Å². The third-order valence-corrected chi connectivity index (χ3v) is 4.63. The van der Waals surface area contributed by atoms with Gasteiger partial charge in [0, 0.05) is 8.80 Å². The van der Waals surface area contributed by atoms with Crippen molar-refractivity contribution < 1.29 is 0 Å². The lowest BCUT2D eigenvalue weighted by atomic mass is 10.1. The SMILES string of the molecule is CCCCCCCCCCCCC[Si](C)C. The maximum atomic E-state index is 2.43. The average molecular weight is 242 g/mol. The third-order valence-electron chi connectivity index (χ3n) is 3.28. The molecule has 0 saturated carbocycles. The summed E-state index contributed by atoms with van der Waals surface area (Å²) in [6.45, 7) is 7.15. The highest BCUT2D eigenvalue weighted by molar-refractivity contribution is 6.55. The van der Waals surface area contributed by atoms with Crippen LogP contribution in [-0.2, 0) is 0 Å². The molecule has 0 heterocycles. The molecular weight excluding hydrogens is 208 g/mol. The highest BCUT2D eigenvalue weighted by atomic mass is 28.3. The Morgan fingerprint density at radius 2 is 0.938 bits per heavy atom. The van der Waals surface area contributed by atoms with Gasteiger partial charge in [-0.05, 0) is 0 Å². The lowest BCUT2D eigenvalue weighted by molar-refractivity contribution is 0.554. The molecule has 97 valence electrons. The van der Waals surface area contributed by atoms with Gasteiger partial charge in [-0.2, -0.15) is 0 Å². The number of hydrogen-bond donors (Lipinski definition) is 0. The fourth-order valence-corrected chi connectivity index (χ4v) is 3.10. The van der Waals surface area contributed by atoms with Crippen molar-refractivity contribution in [3.8, 4) is 0 Å². The Kier molecular flexibility index (Phi) is 13.5. The van der Waals surface area contributed by atoms with E-state index in [1.165, 1.54) is 76.7 Å². The van der Waals surface area contributed by atoms with Gasteiger partial charge in [-0.25, -0.2) is 0 Å². The minimum absolute atomic E-state index is 0.0557. The molecule has 0 nitrogen and oxygen atoms in total. The Balaban J connectivity index is 2.88. The monoisotopic (exact) mass is 241 g/mol. The molecule has 0 aromatic carbocycles. The van der Waals surface area contributed by atoms with Crippen molar-refractivity contribution in [2.45, 2.75) is 96.7 Å². The Hall–Kier alpha value is 0.217. The minimum Gasteiger partial charge on any atom is -0.0713 e. The Morgan fingerprint density at radius 3 is 1.31 bits per heavy atom. The molecule has 0 aliphatic carbocycles. The van der Waals surface area contributed by atoms with E-state index in [9.17, 15) is 0 Å². The minimum atomic E-state index is 0.0557. The molecule has 0 fully saturated rings. The number of hydrogen-bond acceptors (Lipinski definition) is 0. The first-order valence-electron chi connectivity index (χ1n) is 7.56. The van der Waals surface area contributed by atoms with Gasteiger partial charge in [-0.15, -0.1) is 0 Å². The first kappa shape index (κ1) is 16.2. The van der Waals surface area contributed by atoms with Crippen molar-refractivity contribution in [3.63, 3.8) is 0 Å². The zero-order valence-electron chi connectivity index (χ0n) is 12.0. The summed E-state index contributed by atoms with van der Waals surface area (Å²) in [7, 11) is 0.0557. The summed E-state index contributed by atoms with van der Waals surface area (Å²) in [5.41, 5.74) is 0. The van der Waals surface area contributed by atoms with Crippen molar-refractivity contribution in [1.29, 1.82) is 0 Å². The van der Waals surface area contributed by atoms with Gasteiger partial charge in [0.2, 0.25) is 0 Å². The lowest BCUT2D eigenvalue weighted by Gasteiger charge is -2.03. The number of rotatable bonds is 12. The van der Waals surface area contributed by atoms with Crippen LogP contribution in [0, 0.1) is 0 Å². The second kappa shape index (κ2) is 13.3. The molecule has 0 N–H and O–H groups in total. The van der Waals surface area contributed by atoms with E-state index in [1.807, 2.05) is 0 Å². The van der Waals surface area contributed by atoms with Gasteiger partial charge >= 0.3 is 0 Å². The Morgan fingerprint density at radius 1 is 0.562 bits per heavy atom. The molecule has 16 heavy (non-hydrogen) atoms. The van der Waals surface area contributed by atoms with E-state index in [1.54, 1.807) is 0 Å². The normalized spacial score (nSPS) is 11.2. The largest absolute Gasteiger partial charge is 0.0713 e. The van der Waals surface area contributed by atoms with E-state index in [2.05, 4.69) is 20.0 Å². The molecule has 1 heteroatoms. The fourth-order valence-electron chi connectivity index (χ4n) is 2.14. The average Bonchev–Trinajstić information content (AvgIpc) is 2.25. The van der Waals surface area contributed by atoms with Crippen LogP contribution in [0.5, 0.6) is 0 Å². The molecular formula is C15H33Si. The second-order valence-corrected chi connectivity index (χ2v) is 8.41. The summed E-state index contributed by atoms with van der Waals surface area (Å²) in [4.78, 5) is 0. The Labute approximate surface area is 106 Å². The van der Waals surface area contributed by atoms with Crippen molar-refractivity contribution in [2.24, 2.45) is 0 Å². The first-order valence-corrected chi connectivity index (χ1v) is 10.3. The zero-order valence-corrected chi connectivity index (χ0v) is 13.0. The topological polar surface area (TPSA) is 0 Å². The maximum absolute atomic E-state index is 2.43. The van der Waals surface area contributed by atoms with Crippen molar-refractivity contribution in [3.05, 3.63) is 0 Å². The predicted molar refractivity (Wildman–Crippen MR) is 78.8 cm³/mol. The third kappa shape index (κ3) is 14.2. The molecule has 0 rings (SSSR count). The van der Waals surface area contributed by atoms with Gasteiger partial charge in [0.1, 0.15) is 0 Å². The van der Waals surface area contributed by atoms with E-state index < -0.39 is 0 Å². The van der Waals surface area contributed by atoms with Crippen molar-refractivity contribution in [1.82, 2.24) is 0 Å². The summed E-state index contributed by atoms with van der Waals surface area (Å²) >= 11 is 0. The van der Waals surface area contributed by atoms with Gasteiger partial charge in [0.25, 0.3) is 0 Å². The van der Waals surface area contributed by atoms with Crippen LogP contribution < -0.4 is 0 Å². The first-order chi connectivity index (χ1) is 7.77.